The van der Waals surface area contributed by atoms with Crippen LogP contribution in [0.25, 0.3) is 0 Å². The van der Waals surface area contributed by atoms with E-state index < -0.39 is 11.6 Å². The van der Waals surface area contributed by atoms with Gasteiger partial charge in [-0.2, -0.15) is 0 Å². The van der Waals surface area contributed by atoms with Crippen molar-refractivity contribution >= 4 is 17.8 Å². The minimum atomic E-state index is -0.861. The maximum atomic E-state index is 13.7. The maximum absolute atomic E-state index is 13.7. The first-order chi connectivity index (χ1) is 12.4. The fourth-order valence-corrected chi connectivity index (χ4v) is 3.91. The van der Waals surface area contributed by atoms with Gasteiger partial charge in [0, 0.05) is 13.1 Å². The van der Waals surface area contributed by atoms with Crippen LogP contribution in [0.15, 0.2) is 24.3 Å². The number of imide groups is 1. The van der Waals surface area contributed by atoms with Gasteiger partial charge < -0.3 is 10.2 Å². The van der Waals surface area contributed by atoms with Crippen molar-refractivity contribution in [1.29, 1.82) is 0 Å². The average molecular weight is 359 g/mol. The molecule has 0 aromatic heterocycles. The SMILES string of the molecule is CC1(C2CC2)NC(=O)N(CC(=O)N2CC(Cc3ccccc3F)C2)C1=O. The topological polar surface area (TPSA) is 69.7 Å². The van der Waals surface area contributed by atoms with Crippen LogP contribution in [0.2, 0.25) is 0 Å². The smallest absolute Gasteiger partial charge is 0.325 e. The summed E-state index contributed by atoms with van der Waals surface area (Å²) in [6, 6.07) is 6.16. The molecule has 1 aromatic carbocycles. The van der Waals surface area contributed by atoms with Crippen molar-refractivity contribution in [2.24, 2.45) is 11.8 Å². The van der Waals surface area contributed by atoms with Crippen LogP contribution in [0, 0.1) is 17.7 Å². The highest BCUT2D eigenvalue weighted by molar-refractivity contribution is 6.09. The molecule has 0 radical (unpaired) electrons. The zero-order valence-electron chi connectivity index (χ0n) is 14.7. The van der Waals surface area contributed by atoms with Gasteiger partial charge in [-0.25, -0.2) is 9.18 Å². The quantitative estimate of drug-likeness (QED) is 0.811. The van der Waals surface area contributed by atoms with Crippen molar-refractivity contribution in [2.45, 2.75) is 31.7 Å². The molecule has 7 heteroatoms. The second-order valence-electron chi connectivity index (χ2n) is 7.76. The number of nitrogens with zero attached hydrogens (tertiary/aromatic N) is 2. The minimum absolute atomic E-state index is 0.174. The first kappa shape index (κ1) is 17.0. The van der Waals surface area contributed by atoms with E-state index in [0.717, 1.165) is 17.7 Å². The molecule has 1 N–H and O–H groups in total. The highest BCUT2D eigenvalue weighted by Crippen LogP contribution is 2.42. The third kappa shape index (κ3) is 2.85. The standard InChI is InChI=1S/C19H22FN3O3/c1-19(14-6-7-14)17(25)23(18(26)21-19)11-16(24)22-9-12(10-22)8-13-4-2-3-5-15(13)20/h2-5,12,14H,6-11H2,1H3,(H,21,26). The molecule has 3 fully saturated rings. The molecule has 1 atom stereocenters. The van der Waals surface area contributed by atoms with Crippen LogP contribution in [0.5, 0.6) is 0 Å². The molecule has 0 bridgehead atoms. The molecule has 2 saturated heterocycles. The second kappa shape index (κ2) is 6.07. The van der Waals surface area contributed by atoms with Gasteiger partial charge in [0.15, 0.2) is 0 Å². The van der Waals surface area contributed by atoms with Crippen LogP contribution >= 0.6 is 0 Å². The van der Waals surface area contributed by atoms with Crippen molar-refractivity contribution in [3.63, 3.8) is 0 Å². The lowest BCUT2D eigenvalue weighted by atomic mass is 9.92. The predicted molar refractivity (Wildman–Crippen MR) is 91.5 cm³/mol. The van der Waals surface area contributed by atoms with Crippen LogP contribution in [0.4, 0.5) is 9.18 Å². The zero-order valence-corrected chi connectivity index (χ0v) is 14.7. The summed E-state index contributed by atoms with van der Waals surface area (Å²) in [5.41, 5.74) is -0.210. The van der Waals surface area contributed by atoms with Gasteiger partial charge in [-0.15, -0.1) is 0 Å². The molecular formula is C19H22FN3O3. The highest BCUT2D eigenvalue weighted by Gasteiger charge is 2.56. The molecule has 26 heavy (non-hydrogen) atoms. The average Bonchev–Trinajstić information content (AvgIpc) is 3.38. The third-order valence-corrected chi connectivity index (χ3v) is 5.76. The highest BCUT2D eigenvalue weighted by atomic mass is 19.1. The summed E-state index contributed by atoms with van der Waals surface area (Å²) in [5, 5.41) is 2.75. The van der Waals surface area contributed by atoms with Gasteiger partial charge in [-0.1, -0.05) is 18.2 Å². The van der Waals surface area contributed by atoms with E-state index in [-0.39, 0.29) is 36.0 Å². The number of hydrogen-bond acceptors (Lipinski definition) is 3. The number of carbonyl (C=O) groups is 3. The summed E-state index contributed by atoms with van der Waals surface area (Å²) in [6.07, 6.45) is 2.43. The molecule has 1 aliphatic carbocycles. The summed E-state index contributed by atoms with van der Waals surface area (Å²) in [4.78, 5) is 39.7. The van der Waals surface area contributed by atoms with Crippen LogP contribution in [0.1, 0.15) is 25.3 Å². The predicted octanol–water partition coefficient (Wildman–Crippen LogP) is 1.55. The molecule has 138 valence electrons. The van der Waals surface area contributed by atoms with E-state index in [1.54, 1.807) is 30.0 Å². The molecule has 3 aliphatic rings. The number of nitrogens with one attached hydrogen (secondary N) is 1. The molecule has 4 rings (SSSR count). The Kier molecular flexibility index (Phi) is 3.97. The Balaban J connectivity index is 1.31. The molecule has 6 nitrogen and oxygen atoms in total. The van der Waals surface area contributed by atoms with Crippen molar-refractivity contribution in [3.8, 4) is 0 Å². The third-order valence-electron chi connectivity index (χ3n) is 5.76. The Bertz CT molecular complexity index is 773. The first-order valence-corrected chi connectivity index (χ1v) is 9.04. The molecule has 2 heterocycles. The number of halogens is 1. The normalized spacial score (nSPS) is 26.1. The minimum Gasteiger partial charge on any atom is -0.340 e. The number of rotatable bonds is 5. The zero-order chi connectivity index (χ0) is 18.5. The van der Waals surface area contributed by atoms with Gasteiger partial charge in [0.25, 0.3) is 5.91 Å². The second-order valence-corrected chi connectivity index (χ2v) is 7.76. The molecule has 1 saturated carbocycles. The summed E-state index contributed by atoms with van der Waals surface area (Å²) >= 11 is 0. The lowest BCUT2D eigenvalue weighted by molar-refractivity contribution is -0.143. The molecule has 2 aliphatic heterocycles. The first-order valence-electron chi connectivity index (χ1n) is 9.04. The van der Waals surface area contributed by atoms with Crippen molar-refractivity contribution in [1.82, 2.24) is 15.1 Å². The number of urea groups is 1. The monoisotopic (exact) mass is 359 g/mol. The lowest BCUT2D eigenvalue weighted by Gasteiger charge is -2.40. The van der Waals surface area contributed by atoms with Gasteiger partial charge in [-0.3, -0.25) is 14.5 Å². The Hall–Kier alpha value is -2.44. The Morgan fingerprint density at radius 1 is 1.27 bits per heavy atom. The molecular weight excluding hydrogens is 337 g/mol. The van der Waals surface area contributed by atoms with E-state index >= 15 is 0 Å². The van der Waals surface area contributed by atoms with Crippen molar-refractivity contribution in [3.05, 3.63) is 35.6 Å². The number of amides is 4. The number of benzene rings is 1. The van der Waals surface area contributed by atoms with E-state index in [9.17, 15) is 18.8 Å². The fraction of sp³-hybridized carbons (Fsp3) is 0.526. The van der Waals surface area contributed by atoms with Crippen molar-refractivity contribution < 1.29 is 18.8 Å². The largest absolute Gasteiger partial charge is 0.340 e. The van der Waals surface area contributed by atoms with Gasteiger partial charge >= 0.3 is 6.03 Å². The number of hydrogen-bond donors (Lipinski definition) is 1. The number of carbonyl (C=O) groups excluding carboxylic acids is 3. The molecule has 0 spiro atoms. The van der Waals surface area contributed by atoms with E-state index in [1.165, 1.54) is 6.07 Å². The fourth-order valence-electron chi connectivity index (χ4n) is 3.91. The van der Waals surface area contributed by atoms with Crippen LogP contribution in [-0.2, 0) is 16.0 Å². The van der Waals surface area contributed by atoms with E-state index in [2.05, 4.69) is 5.32 Å². The number of likely N-dealkylation sites (tertiary alicyclic amines) is 1. The summed E-state index contributed by atoms with van der Waals surface area (Å²) in [6.45, 7) is 2.57. The van der Waals surface area contributed by atoms with Crippen LogP contribution in [-0.4, -0.2) is 52.8 Å². The van der Waals surface area contributed by atoms with E-state index in [1.807, 2.05) is 0 Å². The van der Waals surface area contributed by atoms with Crippen LogP contribution in [0.3, 0.4) is 0 Å². The van der Waals surface area contributed by atoms with Gasteiger partial charge in [-0.05, 0) is 49.7 Å². The molecule has 1 aromatic rings. The Labute approximate surface area is 151 Å². The van der Waals surface area contributed by atoms with Gasteiger partial charge in [0.1, 0.15) is 17.9 Å². The molecule has 1 unspecified atom stereocenters. The lowest BCUT2D eigenvalue weighted by Crippen LogP contribution is -2.54. The van der Waals surface area contributed by atoms with Crippen molar-refractivity contribution in [2.75, 3.05) is 19.6 Å². The molecule has 4 amide bonds. The Morgan fingerprint density at radius 2 is 1.96 bits per heavy atom. The maximum Gasteiger partial charge on any atom is 0.325 e. The Morgan fingerprint density at radius 3 is 2.62 bits per heavy atom. The summed E-state index contributed by atoms with van der Waals surface area (Å²) < 4.78 is 13.7. The van der Waals surface area contributed by atoms with Gasteiger partial charge in [0.05, 0.1) is 0 Å². The summed E-state index contributed by atoms with van der Waals surface area (Å²) in [5.74, 6) is -0.389. The van der Waals surface area contributed by atoms with Crippen LogP contribution < -0.4 is 5.32 Å². The van der Waals surface area contributed by atoms with E-state index in [0.29, 0.717) is 25.1 Å². The summed E-state index contributed by atoms with van der Waals surface area (Å²) in [7, 11) is 0. The van der Waals surface area contributed by atoms with Gasteiger partial charge in [0.2, 0.25) is 5.91 Å². The van der Waals surface area contributed by atoms with E-state index in [4.69, 9.17) is 0 Å².